The third-order valence-electron chi connectivity index (χ3n) is 8.01. The second-order valence-electron chi connectivity index (χ2n) is 10.2. The van der Waals surface area contributed by atoms with Crippen LogP contribution in [0.25, 0.3) is 79.0 Å². The molecule has 9 rings (SSSR count). The number of hydrogen-bond donors (Lipinski definition) is 0. The van der Waals surface area contributed by atoms with Gasteiger partial charge in [0, 0.05) is 56.8 Å². The molecule has 9 aromatic rings. The highest BCUT2D eigenvalue weighted by Gasteiger charge is 2.14. The Labute approximate surface area is 232 Å². The molecular weight excluding hydrogens is 511 g/mol. The van der Waals surface area contributed by atoms with Gasteiger partial charge in [0.15, 0.2) is 0 Å². The van der Waals surface area contributed by atoms with E-state index in [9.17, 15) is 0 Å². The highest BCUT2D eigenvalue weighted by Crippen LogP contribution is 2.41. The van der Waals surface area contributed by atoms with Crippen molar-refractivity contribution in [1.29, 1.82) is 0 Å². The van der Waals surface area contributed by atoms with Crippen molar-refractivity contribution in [3.8, 4) is 16.8 Å². The van der Waals surface area contributed by atoms with E-state index < -0.39 is 0 Å². The fourth-order valence-electron chi connectivity index (χ4n) is 6.19. The smallest absolute Gasteiger partial charge is 0.0541 e. The van der Waals surface area contributed by atoms with Crippen LogP contribution in [0.2, 0.25) is 0 Å². The summed E-state index contributed by atoms with van der Waals surface area (Å²) in [5.74, 6) is 0. The number of rotatable bonds is 2. The van der Waals surface area contributed by atoms with Gasteiger partial charge in [0.1, 0.15) is 0 Å². The lowest BCUT2D eigenvalue weighted by molar-refractivity contribution is 1.19. The number of nitrogens with zero attached hydrogens (tertiary/aromatic N) is 1. The summed E-state index contributed by atoms with van der Waals surface area (Å²) >= 11 is 3.76. The summed E-state index contributed by atoms with van der Waals surface area (Å²) in [6, 6.07) is 47.0. The van der Waals surface area contributed by atoms with Gasteiger partial charge in [-0.2, -0.15) is 0 Å². The van der Waals surface area contributed by atoms with E-state index in [1.165, 1.54) is 79.0 Å². The maximum absolute atomic E-state index is 2.40. The van der Waals surface area contributed by atoms with Crippen LogP contribution in [0.15, 0.2) is 127 Å². The van der Waals surface area contributed by atoms with Crippen LogP contribution in [-0.2, 0) is 0 Å². The summed E-state index contributed by atoms with van der Waals surface area (Å²) in [6.07, 6.45) is 0. The van der Waals surface area contributed by atoms with Gasteiger partial charge in [-0.3, -0.25) is 0 Å². The van der Waals surface area contributed by atoms with Gasteiger partial charge in [-0.1, -0.05) is 78.9 Å². The van der Waals surface area contributed by atoms with E-state index in [-0.39, 0.29) is 0 Å². The van der Waals surface area contributed by atoms with Crippen LogP contribution in [0, 0.1) is 0 Å². The Morgan fingerprint density at radius 1 is 0.359 bits per heavy atom. The molecule has 0 aliphatic rings. The van der Waals surface area contributed by atoms with Crippen molar-refractivity contribution in [1.82, 2.24) is 4.57 Å². The number of thiophene rings is 2. The van der Waals surface area contributed by atoms with Crippen molar-refractivity contribution in [3.05, 3.63) is 127 Å². The van der Waals surface area contributed by atoms with E-state index in [0.29, 0.717) is 0 Å². The minimum absolute atomic E-state index is 1.21. The molecule has 0 saturated heterocycles. The normalized spacial score (nSPS) is 12.1. The minimum Gasteiger partial charge on any atom is -0.309 e. The van der Waals surface area contributed by atoms with Crippen LogP contribution < -0.4 is 0 Å². The summed E-state index contributed by atoms with van der Waals surface area (Å²) in [7, 11) is 0. The van der Waals surface area contributed by atoms with Gasteiger partial charge < -0.3 is 4.57 Å². The molecule has 0 amide bonds. The fourth-order valence-corrected chi connectivity index (χ4v) is 8.46. The lowest BCUT2D eigenvalue weighted by Crippen LogP contribution is -1.92. The third kappa shape index (κ3) is 3.12. The summed E-state index contributed by atoms with van der Waals surface area (Å²) in [5, 5.41) is 7.94. The Bertz CT molecular complexity index is 2350. The monoisotopic (exact) mass is 531 g/mol. The minimum atomic E-state index is 1.21. The van der Waals surface area contributed by atoms with Crippen LogP contribution in [-0.4, -0.2) is 4.57 Å². The predicted molar refractivity (Wildman–Crippen MR) is 172 cm³/mol. The van der Waals surface area contributed by atoms with Crippen LogP contribution >= 0.6 is 22.7 Å². The Kier molecular flexibility index (Phi) is 4.43. The van der Waals surface area contributed by atoms with Gasteiger partial charge in [0.25, 0.3) is 0 Å². The van der Waals surface area contributed by atoms with E-state index in [4.69, 9.17) is 0 Å². The first-order chi connectivity index (χ1) is 19.3. The Morgan fingerprint density at radius 2 is 0.897 bits per heavy atom. The maximum Gasteiger partial charge on any atom is 0.0541 e. The summed E-state index contributed by atoms with van der Waals surface area (Å²) in [6.45, 7) is 0. The van der Waals surface area contributed by atoms with Crippen molar-refractivity contribution in [2.24, 2.45) is 0 Å². The van der Waals surface area contributed by atoms with E-state index >= 15 is 0 Å². The highest BCUT2D eigenvalue weighted by molar-refractivity contribution is 7.26. The molecule has 39 heavy (non-hydrogen) atoms. The molecule has 0 saturated carbocycles. The zero-order valence-electron chi connectivity index (χ0n) is 20.9. The number of hydrogen-bond acceptors (Lipinski definition) is 2. The molecule has 0 fully saturated rings. The van der Waals surface area contributed by atoms with Gasteiger partial charge in [0.2, 0.25) is 0 Å². The second-order valence-corrected chi connectivity index (χ2v) is 12.3. The van der Waals surface area contributed by atoms with Crippen molar-refractivity contribution < 1.29 is 0 Å². The average molecular weight is 532 g/mol. The van der Waals surface area contributed by atoms with Gasteiger partial charge in [-0.05, 0) is 59.7 Å². The van der Waals surface area contributed by atoms with Crippen molar-refractivity contribution in [3.63, 3.8) is 0 Å². The fraction of sp³-hybridized carbons (Fsp3) is 0. The Balaban J connectivity index is 1.21. The Morgan fingerprint density at radius 3 is 1.69 bits per heavy atom. The molecule has 0 bridgehead atoms. The molecule has 3 heteroatoms. The van der Waals surface area contributed by atoms with Crippen molar-refractivity contribution in [2.45, 2.75) is 0 Å². The maximum atomic E-state index is 2.40. The molecular formula is C36H21NS2. The largest absolute Gasteiger partial charge is 0.309 e. The summed E-state index contributed by atoms with van der Waals surface area (Å²) in [5.41, 5.74) is 6.25. The zero-order chi connectivity index (χ0) is 25.5. The molecule has 1 nitrogen and oxygen atoms in total. The molecule has 0 N–H and O–H groups in total. The van der Waals surface area contributed by atoms with Crippen LogP contribution in [0.1, 0.15) is 0 Å². The molecule has 6 aromatic carbocycles. The van der Waals surface area contributed by atoms with E-state index in [2.05, 4.69) is 132 Å². The molecule has 3 aromatic heterocycles. The van der Waals surface area contributed by atoms with Crippen LogP contribution in [0.5, 0.6) is 0 Å². The quantitative estimate of drug-likeness (QED) is 0.209. The molecule has 0 aliphatic carbocycles. The molecule has 0 unspecified atom stereocenters. The standard InChI is InChI=1S/C36H21NS2/c1-4-10-31-25(7-1)26-8-2-5-11-32(26)37(31)24-15-17-29-28-16-13-23(20-35(28)39-36(29)21-24)22-14-18-34-30(19-22)27-9-3-6-12-33(27)38-34/h1-21H. The second kappa shape index (κ2) is 8.03. The molecule has 0 atom stereocenters. The van der Waals surface area contributed by atoms with E-state index in [0.717, 1.165) is 0 Å². The number of para-hydroxylation sites is 2. The van der Waals surface area contributed by atoms with Gasteiger partial charge in [0.05, 0.1) is 11.0 Å². The van der Waals surface area contributed by atoms with E-state index in [1.54, 1.807) is 0 Å². The lowest BCUT2D eigenvalue weighted by atomic mass is 10.0. The SMILES string of the molecule is c1ccc2c(c1)sc1ccc(-c3ccc4c(c3)sc3cc(-n5c6ccccc6c6ccccc65)ccc34)cc12. The average Bonchev–Trinajstić information content (AvgIpc) is 3.65. The molecule has 0 aliphatic heterocycles. The first kappa shape index (κ1) is 21.5. The first-order valence-electron chi connectivity index (χ1n) is 13.2. The molecule has 0 radical (unpaired) electrons. The summed E-state index contributed by atoms with van der Waals surface area (Å²) in [4.78, 5) is 0. The highest BCUT2D eigenvalue weighted by atomic mass is 32.1. The van der Waals surface area contributed by atoms with Gasteiger partial charge >= 0.3 is 0 Å². The lowest BCUT2D eigenvalue weighted by Gasteiger charge is -2.08. The predicted octanol–water partition coefficient (Wildman–Crippen LogP) is 11.2. The van der Waals surface area contributed by atoms with Crippen molar-refractivity contribution in [2.75, 3.05) is 0 Å². The topological polar surface area (TPSA) is 4.93 Å². The van der Waals surface area contributed by atoms with Crippen LogP contribution in [0.4, 0.5) is 0 Å². The number of fused-ring (bicyclic) bond motifs is 9. The zero-order valence-corrected chi connectivity index (χ0v) is 22.5. The third-order valence-corrected chi connectivity index (χ3v) is 10.3. The number of benzene rings is 6. The number of aromatic nitrogens is 1. The van der Waals surface area contributed by atoms with Crippen molar-refractivity contribution >= 4 is 84.8 Å². The molecule has 3 heterocycles. The van der Waals surface area contributed by atoms with Crippen LogP contribution in [0.3, 0.4) is 0 Å². The van der Waals surface area contributed by atoms with Gasteiger partial charge in [-0.15, -0.1) is 22.7 Å². The molecule has 0 spiro atoms. The summed E-state index contributed by atoms with van der Waals surface area (Å²) < 4.78 is 7.75. The van der Waals surface area contributed by atoms with E-state index in [1.807, 2.05) is 22.7 Å². The Hall–Kier alpha value is -4.44. The van der Waals surface area contributed by atoms with Gasteiger partial charge in [-0.25, -0.2) is 0 Å². The molecule has 182 valence electrons. The first-order valence-corrected chi connectivity index (χ1v) is 14.8.